The highest BCUT2D eigenvalue weighted by molar-refractivity contribution is 7.92. The molecule has 2 N–H and O–H groups in total. The molecule has 1 atom stereocenters. The molecular weight excluding hydrogens is 281 g/mol. The SMILES string of the molecule is COc1ccc(NS(C)(=O)=O)cc1CO[P+](=O)O. The van der Waals surface area contributed by atoms with Gasteiger partial charge in [0.05, 0.1) is 13.4 Å². The Morgan fingerprint density at radius 2 is 2.11 bits per heavy atom. The predicted octanol–water partition coefficient (Wildman–Crippen LogP) is 1.23. The first kappa shape index (κ1) is 14.8. The zero-order chi connectivity index (χ0) is 13.8. The average Bonchev–Trinajstić information content (AvgIpc) is 2.24. The summed E-state index contributed by atoms with van der Waals surface area (Å²) in [7, 11) is -4.67. The van der Waals surface area contributed by atoms with E-state index in [1.807, 2.05) is 0 Å². The van der Waals surface area contributed by atoms with Crippen molar-refractivity contribution in [1.29, 1.82) is 0 Å². The number of sulfonamides is 1. The Hall–Kier alpha value is -1.21. The molecule has 0 saturated heterocycles. The van der Waals surface area contributed by atoms with Gasteiger partial charge in [0.1, 0.15) is 12.4 Å². The molecule has 0 aliphatic carbocycles. The third-order valence-corrected chi connectivity index (χ3v) is 2.87. The van der Waals surface area contributed by atoms with Crippen molar-refractivity contribution < 1.29 is 27.1 Å². The molecule has 0 aliphatic rings. The number of rotatable bonds is 6. The van der Waals surface area contributed by atoms with Gasteiger partial charge in [-0.1, -0.05) is 0 Å². The molecule has 0 aromatic heterocycles. The average molecular weight is 294 g/mol. The molecule has 0 bridgehead atoms. The van der Waals surface area contributed by atoms with E-state index in [9.17, 15) is 13.0 Å². The Balaban J connectivity index is 2.97. The first-order valence-electron chi connectivity index (χ1n) is 4.75. The maximum absolute atomic E-state index is 11.1. The first-order valence-corrected chi connectivity index (χ1v) is 7.78. The number of anilines is 1. The highest BCUT2D eigenvalue weighted by Gasteiger charge is 2.15. The molecule has 0 fully saturated rings. The van der Waals surface area contributed by atoms with Crippen LogP contribution < -0.4 is 9.46 Å². The summed E-state index contributed by atoms with van der Waals surface area (Å²) in [6.45, 7) is -0.159. The van der Waals surface area contributed by atoms with Gasteiger partial charge in [-0.25, -0.2) is 8.42 Å². The summed E-state index contributed by atoms with van der Waals surface area (Å²) in [5.74, 6) is 0.436. The van der Waals surface area contributed by atoms with Gasteiger partial charge in [0, 0.05) is 15.8 Å². The minimum Gasteiger partial charge on any atom is -0.496 e. The molecule has 9 heteroatoms. The van der Waals surface area contributed by atoms with Crippen molar-refractivity contribution in [2.45, 2.75) is 6.61 Å². The number of methoxy groups -OCH3 is 1. The van der Waals surface area contributed by atoms with Crippen molar-refractivity contribution in [3.63, 3.8) is 0 Å². The minimum atomic E-state index is -3.38. The Morgan fingerprint density at radius 3 is 2.61 bits per heavy atom. The molecule has 0 saturated carbocycles. The zero-order valence-corrected chi connectivity index (χ0v) is 11.5. The van der Waals surface area contributed by atoms with Crippen LogP contribution in [-0.4, -0.2) is 26.7 Å². The normalized spacial score (nSPS) is 12.1. The third-order valence-electron chi connectivity index (χ3n) is 1.91. The van der Waals surface area contributed by atoms with E-state index in [2.05, 4.69) is 9.25 Å². The van der Waals surface area contributed by atoms with E-state index in [0.717, 1.165) is 6.26 Å². The second kappa shape index (κ2) is 6.10. The topological polar surface area (TPSA) is 102 Å². The summed E-state index contributed by atoms with van der Waals surface area (Å²) < 4.78 is 44.5. The molecule has 0 aliphatic heterocycles. The highest BCUT2D eigenvalue weighted by atomic mass is 32.2. The van der Waals surface area contributed by atoms with Crippen LogP contribution in [0, 0.1) is 0 Å². The van der Waals surface area contributed by atoms with Crippen LogP contribution in [0.25, 0.3) is 0 Å². The minimum absolute atomic E-state index is 0.159. The summed E-state index contributed by atoms with van der Waals surface area (Å²) in [6, 6.07) is 4.53. The van der Waals surface area contributed by atoms with E-state index in [1.165, 1.54) is 25.3 Å². The van der Waals surface area contributed by atoms with Crippen LogP contribution in [0.2, 0.25) is 0 Å². The largest absolute Gasteiger partial charge is 0.695 e. The van der Waals surface area contributed by atoms with Gasteiger partial charge in [-0.3, -0.25) is 4.72 Å². The molecule has 1 aromatic carbocycles. The van der Waals surface area contributed by atoms with Crippen molar-refractivity contribution in [2.24, 2.45) is 0 Å². The predicted molar refractivity (Wildman–Crippen MR) is 66.1 cm³/mol. The van der Waals surface area contributed by atoms with Gasteiger partial charge in [0.15, 0.2) is 0 Å². The van der Waals surface area contributed by atoms with Gasteiger partial charge in [-0.15, -0.1) is 9.42 Å². The highest BCUT2D eigenvalue weighted by Crippen LogP contribution is 2.27. The standard InChI is InChI=1S/C9H12NO6PS/c1-15-9-4-3-8(10-18(2,13)14)5-7(9)6-16-17(11)12/h3-5,10H,6H2,1-2H3/p+1. The van der Waals surface area contributed by atoms with E-state index in [-0.39, 0.29) is 6.61 Å². The number of hydrogen-bond acceptors (Lipinski definition) is 5. The van der Waals surface area contributed by atoms with E-state index in [0.29, 0.717) is 17.0 Å². The van der Waals surface area contributed by atoms with Crippen LogP contribution in [0.5, 0.6) is 5.75 Å². The molecular formula is C9H13NO6PS+. The monoisotopic (exact) mass is 294 g/mol. The van der Waals surface area contributed by atoms with E-state index in [4.69, 9.17) is 9.63 Å². The summed E-state index contributed by atoms with van der Waals surface area (Å²) in [5.41, 5.74) is 0.786. The number of nitrogens with one attached hydrogen (secondary N) is 1. The fourth-order valence-electron chi connectivity index (χ4n) is 1.29. The summed E-state index contributed by atoms with van der Waals surface area (Å²) in [6.07, 6.45) is 1.03. The Labute approximate surface area is 106 Å². The molecule has 0 radical (unpaired) electrons. The number of benzene rings is 1. The van der Waals surface area contributed by atoms with E-state index < -0.39 is 18.3 Å². The van der Waals surface area contributed by atoms with Gasteiger partial charge < -0.3 is 4.74 Å². The molecule has 1 unspecified atom stereocenters. The molecule has 1 rings (SSSR count). The fourth-order valence-corrected chi connectivity index (χ4v) is 2.10. The lowest BCUT2D eigenvalue weighted by atomic mass is 10.2. The van der Waals surface area contributed by atoms with E-state index in [1.54, 1.807) is 0 Å². The maximum atomic E-state index is 11.1. The van der Waals surface area contributed by atoms with Crippen molar-refractivity contribution in [3.05, 3.63) is 23.8 Å². The summed E-state index contributed by atoms with van der Waals surface area (Å²) in [5, 5.41) is 0. The van der Waals surface area contributed by atoms with Crippen LogP contribution in [0.1, 0.15) is 5.56 Å². The van der Waals surface area contributed by atoms with Crippen molar-refractivity contribution in [2.75, 3.05) is 18.1 Å². The molecule has 0 heterocycles. The lowest BCUT2D eigenvalue weighted by Gasteiger charge is -2.09. The van der Waals surface area contributed by atoms with E-state index >= 15 is 0 Å². The van der Waals surface area contributed by atoms with Gasteiger partial charge in [0.2, 0.25) is 10.0 Å². The molecule has 18 heavy (non-hydrogen) atoms. The van der Waals surface area contributed by atoms with Crippen molar-refractivity contribution in [1.82, 2.24) is 0 Å². The van der Waals surface area contributed by atoms with Crippen molar-refractivity contribution >= 4 is 24.0 Å². The van der Waals surface area contributed by atoms with Gasteiger partial charge in [-0.2, -0.15) is 0 Å². The van der Waals surface area contributed by atoms with Gasteiger partial charge >= 0.3 is 8.25 Å². The van der Waals surface area contributed by atoms with Crippen LogP contribution in [0.3, 0.4) is 0 Å². The first-order chi connectivity index (χ1) is 8.31. The lowest BCUT2D eigenvalue weighted by Crippen LogP contribution is -2.10. The van der Waals surface area contributed by atoms with Crippen LogP contribution in [-0.2, 0) is 25.7 Å². The Morgan fingerprint density at radius 1 is 1.44 bits per heavy atom. The molecule has 0 amide bonds. The second-order valence-electron chi connectivity index (χ2n) is 3.41. The summed E-state index contributed by atoms with van der Waals surface area (Å²) >= 11 is 0. The third kappa shape index (κ3) is 4.97. The van der Waals surface area contributed by atoms with Crippen LogP contribution >= 0.6 is 8.25 Å². The van der Waals surface area contributed by atoms with Gasteiger partial charge in [-0.05, 0) is 18.2 Å². The lowest BCUT2D eigenvalue weighted by molar-refractivity contribution is 0.267. The fraction of sp³-hybridized carbons (Fsp3) is 0.333. The number of hydrogen-bond donors (Lipinski definition) is 2. The quantitative estimate of drug-likeness (QED) is 0.765. The smallest absolute Gasteiger partial charge is 0.496 e. The number of ether oxygens (including phenoxy) is 1. The molecule has 0 spiro atoms. The van der Waals surface area contributed by atoms with Crippen LogP contribution in [0.4, 0.5) is 5.69 Å². The second-order valence-corrected chi connectivity index (χ2v) is 5.89. The van der Waals surface area contributed by atoms with Crippen LogP contribution in [0.15, 0.2) is 18.2 Å². The van der Waals surface area contributed by atoms with Crippen molar-refractivity contribution in [3.8, 4) is 5.75 Å². The molecule has 100 valence electrons. The zero-order valence-electron chi connectivity index (χ0n) is 9.78. The Kier molecular flexibility index (Phi) is 5.03. The summed E-state index contributed by atoms with van der Waals surface area (Å²) in [4.78, 5) is 8.57. The molecule has 7 nitrogen and oxygen atoms in total. The van der Waals surface area contributed by atoms with Gasteiger partial charge in [0.25, 0.3) is 0 Å². The molecule has 1 aromatic rings. The maximum Gasteiger partial charge on any atom is 0.695 e. The Bertz CT molecular complexity index is 544.